The van der Waals surface area contributed by atoms with Crippen LogP contribution in [0.5, 0.6) is 0 Å². The van der Waals surface area contributed by atoms with E-state index in [2.05, 4.69) is 10.3 Å². The molecular weight excluding hydrogens is 216 g/mol. The van der Waals surface area contributed by atoms with Crippen LogP contribution in [-0.4, -0.2) is 15.5 Å². The Bertz CT molecular complexity index is 533. The van der Waals surface area contributed by atoms with E-state index in [-0.39, 0.29) is 5.91 Å². The molecule has 0 saturated carbocycles. The van der Waals surface area contributed by atoms with Crippen molar-refractivity contribution in [2.45, 2.75) is 6.54 Å². The Morgan fingerprint density at radius 1 is 1.53 bits per heavy atom. The van der Waals surface area contributed by atoms with Crippen LogP contribution in [0.15, 0.2) is 36.7 Å². The van der Waals surface area contributed by atoms with Crippen molar-refractivity contribution in [2.75, 3.05) is 5.32 Å². The first-order valence-electron chi connectivity index (χ1n) is 5.28. The molecule has 1 heterocycles. The van der Waals surface area contributed by atoms with Crippen molar-refractivity contribution in [2.24, 2.45) is 12.8 Å². The minimum atomic E-state index is -0.230. The Kier molecular flexibility index (Phi) is 3.20. The third-order valence-corrected chi connectivity index (χ3v) is 2.44. The summed E-state index contributed by atoms with van der Waals surface area (Å²) in [4.78, 5) is 15.9. The first-order chi connectivity index (χ1) is 8.20. The van der Waals surface area contributed by atoms with Crippen LogP contribution in [0.4, 0.5) is 5.69 Å². The lowest BCUT2D eigenvalue weighted by Crippen LogP contribution is -2.16. The van der Waals surface area contributed by atoms with Gasteiger partial charge in [-0.05, 0) is 17.7 Å². The van der Waals surface area contributed by atoms with Crippen molar-refractivity contribution in [3.8, 4) is 0 Å². The molecule has 0 aliphatic heterocycles. The quantitative estimate of drug-likeness (QED) is 0.830. The van der Waals surface area contributed by atoms with Gasteiger partial charge >= 0.3 is 0 Å². The molecule has 5 nitrogen and oxygen atoms in total. The number of benzene rings is 1. The van der Waals surface area contributed by atoms with Crippen molar-refractivity contribution >= 4 is 11.6 Å². The standard InChI is InChI=1S/C12H14N4O/c1-16-6-5-14-11(16)12(17)15-10-4-2-3-9(7-10)8-13/h2-7H,8,13H2,1H3,(H,15,17). The normalized spacial score (nSPS) is 10.2. The lowest BCUT2D eigenvalue weighted by Gasteiger charge is -2.06. The summed E-state index contributed by atoms with van der Waals surface area (Å²) in [6.45, 7) is 0.451. The molecule has 5 heteroatoms. The molecule has 1 aromatic carbocycles. The van der Waals surface area contributed by atoms with E-state index in [9.17, 15) is 4.79 Å². The van der Waals surface area contributed by atoms with E-state index < -0.39 is 0 Å². The first-order valence-corrected chi connectivity index (χ1v) is 5.28. The van der Waals surface area contributed by atoms with E-state index in [1.165, 1.54) is 0 Å². The van der Waals surface area contributed by atoms with Crippen LogP contribution in [0.3, 0.4) is 0 Å². The summed E-state index contributed by atoms with van der Waals surface area (Å²) >= 11 is 0. The minimum absolute atomic E-state index is 0.230. The van der Waals surface area contributed by atoms with Crippen LogP contribution < -0.4 is 11.1 Å². The predicted octanol–water partition coefficient (Wildman–Crippen LogP) is 1.13. The SMILES string of the molecule is Cn1ccnc1C(=O)Nc1cccc(CN)c1. The average molecular weight is 230 g/mol. The highest BCUT2D eigenvalue weighted by Gasteiger charge is 2.10. The number of hydrogen-bond donors (Lipinski definition) is 2. The number of carbonyl (C=O) groups is 1. The van der Waals surface area contributed by atoms with Gasteiger partial charge in [0.05, 0.1) is 0 Å². The molecule has 2 rings (SSSR count). The fourth-order valence-electron chi connectivity index (χ4n) is 1.55. The van der Waals surface area contributed by atoms with Gasteiger partial charge in [0.2, 0.25) is 0 Å². The molecule has 0 fully saturated rings. The van der Waals surface area contributed by atoms with E-state index in [4.69, 9.17) is 5.73 Å². The maximum absolute atomic E-state index is 11.9. The molecule has 0 unspecified atom stereocenters. The fourth-order valence-corrected chi connectivity index (χ4v) is 1.55. The number of aryl methyl sites for hydroxylation is 1. The number of nitrogens with two attached hydrogens (primary N) is 1. The van der Waals surface area contributed by atoms with Crippen LogP contribution in [0.25, 0.3) is 0 Å². The molecule has 0 saturated heterocycles. The second kappa shape index (κ2) is 4.80. The van der Waals surface area contributed by atoms with Crippen molar-refractivity contribution in [1.29, 1.82) is 0 Å². The number of amides is 1. The Labute approximate surface area is 99.3 Å². The van der Waals surface area contributed by atoms with Gasteiger partial charge in [-0.15, -0.1) is 0 Å². The van der Waals surface area contributed by atoms with Gasteiger partial charge in [-0.25, -0.2) is 4.98 Å². The summed E-state index contributed by atoms with van der Waals surface area (Å²) in [5.74, 6) is 0.148. The molecule has 0 spiro atoms. The highest BCUT2D eigenvalue weighted by molar-refractivity contribution is 6.01. The number of nitrogens with zero attached hydrogens (tertiary/aromatic N) is 2. The maximum atomic E-state index is 11.9. The lowest BCUT2D eigenvalue weighted by atomic mass is 10.2. The van der Waals surface area contributed by atoms with E-state index in [1.807, 2.05) is 24.3 Å². The van der Waals surface area contributed by atoms with Gasteiger partial charge < -0.3 is 15.6 Å². The number of aromatic nitrogens is 2. The van der Waals surface area contributed by atoms with Gasteiger partial charge in [0, 0.05) is 31.7 Å². The van der Waals surface area contributed by atoms with Crippen LogP contribution in [-0.2, 0) is 13.6 Å². The smallest absolute Gasteiger partial charge is 0.291 e. The van der Waals surface area contributed by atoms with Gasteiger partial charge in [-0.1, -0.05) is 12.1 Å². The summed E-state index contributed by atoms with van der Waals surface area (Å²) < 4.78 is 1.67. The molecule has 0 atom stereocenters. The van der Waals surface area contributed by atoms with Crippen LogP contribution in [0.2, 0.25) is 0 Å². The zero-order valence-electron chi connectivity index (χ0n) is 9.55. The summed E-state index contributed by atoms with van der Waals surface area (Å²) in [6.07, 6.45) is 3.32. The minimum Gasteiger partial charge on any atom is -0.330 e. The van der Waals surface area contributed by atoms with E-state index in [0.717, 1.165) is 11.3 Å². The number of carbonyl (C=O) groups excluding carboxylic acids is 1. The molecule has 3 N–H and O–H groups in total. The van der Waals surface area contributed by atoms with Gasteiger partial charge in [0.15, 0.2) is 5.82 Å². The van der Waals surface area contributed by atoms with Gasteiger partial charge in [-0.3, -0.25) is 4.79 Å². The number of nitrogens with one attached hydrogen (secondary N) is 1. The number of anilines is 1. The fraction of sp³-hybridized carbons (Fsp3) is 0.167. The molecule has 1 amide bonds. The van der Waals surface area contributed by atoms with Gasteiger partial charge in [-0.2, -0.15) is 0 Å². The highest BCUT2D eigenvalue weighted by atomic mass is 16.2. The molecular formula is C12H14N4O. The summed E-state index contributed by atoms with van der Waals surface area (Å²) in [7, 11) is 1.78. The first kappa shape index (κ1) is 11.3. The van der Waals surface area contributed by atoms with Crippen molar-refractivity contribution in [1.82, 2.24) is 9.55 Å². The number of rotatable bonds is 3. The lowest BCUT2D eigenvalue weighted by molar-refractivity contribution is 0.101. The second-order valence-electron chi connectivity index (χ2n) is 3.72. The molecule has 0 aliphatic carbocycles. The van der Waals surface area contributed by atoms with Crippen LogP contribution >= 0.6 is 0 Å². The predicted molar refractivity (Wildman–Crippen MR) is 65.5 cm³/mol. The molecule has 0 aliphatic rings. The summed E-state index contributed by atoms with van der Waals surface area (Å²) in [5.41, 5.74) is 7.24. The number of hydrogen-bond acceptors (Lipinski definition) is 3. The van der Waals surface area contributed by atoms with Gasteiger partial charge in [0.25, 0.3) is 5.91 Å². The summed E-state index contributed by atoms with van der Waals surface area (Å²) in [6, 6.07) is 7.44. The summed E-state index contributed by atoms with van der Waals surface area (Å²) in [5, 5.41) is 2.78. The van der Waals surface area contributed by atoms with E-state index in [0.29, 0.717) is 12.4 Å². The van der Waals surface area contributed by atoms with Crippen LogP contribution in [0.1, 0.15) is 16.2 Å². The third kappa shape index (κ3) is 2.51. The molecule has 0 radical (unpaired) electrons. The second-order valence-corrected chi connectivity index (χ2v) is 3.72. The van der Waals surface area contributed by atoms with E-state index in [1.54, 1.807) is 24.0 Å². The monoisotopic (exact) mass is 230 g/mol. The Hall–Kier alpha value is -2.14. The Balaban J connectivity index is 2.16. The maximum Gasteiger partial charge on any atom is 0.291 e. The molecule has 0 bridgehead atoms. The van der Waals surface area contributed by atoms with Crippen molar-refractivity contribution in [3.63, 3.8) is 0 Å². The molecule has 2 aromatic rings. The zero-order chi connectivity index (χ0) is 12.3. The highest BCUT2D eigenvalue weighted by Crippen LogP contribution is 2.11. The largest absolute Gasteiger partial charge is 0.330 e. The molecule has 88 valence electrons. The Morgan fingerprint density at radius 2 is 2.35 bits per heavy atom. The third-order valence-electron chi connectivity index (χ3n) is 2.44. The Morgan fingerprint density at radius 3 is 3.00 bits per heavy atom. The number of imidazole rings is 1. The van der Waals surface area contributed by atoms with Crippen LogP contribution in [0, 0.1) is 0 Å². The van der Waals surface area contributed by atoms with Gasteiger partial charge in [0.1, 0.15) is 0 Å². The molecule has 17 heavy (non-hydrogen) atoms. The topological polar surface area (TPSA) is 72.9 Å². The zero-order valence-corrected chi connectivity index (χ0v) is 9.55. The van der Waals surface area contributed by atoms with Crippen molar-refractivity contribution in [3.05, 3.63) is 48.0 Å². The van der Waals surface area contributed by atoms with E-state index >= 15 is 0 Å². The average Bonchev–Trinajstić information content (AvgIpc) is 2.76. The molecule has 1 aromatic heterocycles. The van der Waals surface area contributed by atoms with Crippen molar-refractivity contribution < 1.29 is 4.79 Å².